The van der Waals surface area contributed by atoms with E-state index in [0.29, 0.717) is 11.7 Å². The Kier molecular flexibility index (Phi) is 3.18. The summed E-state index contributed by atoms with van der Waals surface area (Å²) >= 11 is 0. The van der Waals surface area contributed by atoms with Gasteiger partial charge in [0.1, 0.15) is 0 Å². The van der Waals surface area contributed by atoms with Crippen LogP contribution in [0.25, 0.3) is 0 Å². The molecule has 0 bridgehead atoms. The van der Waals surface area contributed by atoms with Crippen molar-refractivity contribution in [2.24, 2.45) is 16.6 Å². The highest BCUT2D eigenvalue weighted by molar-refractivity contribution is 5.25. The van der Waals surface area contributed by atoms with E-state index in [4.69, 9.17) is 10.3 Å². The normalized spacial score (nSPS) is 26.9. The molecular weight excluding hydrogens is 252 g/mol. The summed E-state index contributed by atoms with van der Waals surface area (Å²) in [4.78, 5) is 6.96. The van der Waals surface area contributed by atoms with Crippen LogP contribution in [0.2, 0.25) is 0 Å². The van der Waals surface area contributed by atoms with Crippen molar-refractivity contribution in [1.82, 2.24) is 15.0 Å². The van der Waals surface area contributed by atoms with E-state index >= 15 is 0 Å². The van der Waals surface area contributed by atoms with Gasteiger partial charge in [-0.05, 0) is 36.8 Å². The van der Waals surface area contributed by atoms with Crippen LogP contribution in [-0.4, -0.2) is 34.7 Å². The highest BCUT2D eigenvalue weighted by Crippen LogP contribution is 2.73. The van der Waals surface area contributed by atoms with E-state index in [-0.39, 0.29) is 16.9 Å². The second-order valence-corrected chi connectivity index (χ2v) is 7.48. The molecule has 1 saturated carbocycles. The Morgan fingerprint density at radius 2 is 1.85 bits per heavy atom. The monoisotopic (exact) mass is 278 g/mol. The van der Waals surface area contributed by atoms with Crippen molar-refractivity contribution in [3.63, 3.8) is 0 Å². The molecule has 5 heteroatoms. The van der Waals surface area contributed by atoms with E-state index in [1.807, 2.05) is 0 Å². The van der Waals surface area contributed by atoms with Crippen LogP contribution in [0.5, 0.6) is 0 Å². The van der Waals surface area contributed by atoms with E-state index in [9.17, 15) is 0 Å². The molecule has 1 saturated heterocycles. The van der Waals surface area contributed by atoms with Crippen LogP contribution >= 0.6 is 0 Å². The third-order valence-corrected chi connectivity index (χ3v) is 5.71. The predicted molar refractivity (Wildman–Crippen MR) is 77.2 cm³/mol. The number of likely N-dealkylation sites (tertiary alicyclic amines) is 1. The lowest BCUT2D eigenvalue weighted by Crippen LogP contribution is -2.30. The van der Waals surface area contributed by atoms with Crippen molar-refractivity contribution in [2.45, 2.75) is 52.5 Å². The van der Waals surface area contributed by atoms with Crippen LogP contribution in [0.15, 0.2) is 4.52 Å². The largest absolute Gasteiger partial charge is 0.339 e. The SMILES string of the molecule is CC1(C)C(c2nc(C(N)CN3CCCC3)no2)C1(C)C. The minimum atomic E-state index is -0.143. The van der Waals surface area contributed by atoms with Gasteiger partial charge in [-0.1, -0.05) is 32.9 Å². The zero-order chi connectivity index (χ0) is 14.5. The molecule has 5 nitrogen and oxygen atoms in total. The van der Waals surface area contributed by atoms with Gasteiger partial charge < -0.3 is 15.2 Å². The van der Waals surface area contributed by atoms with Crippen molar-refractivity contribution in [1.29, 1.82) is 0 Å². The molecule has 1 aliphatic carbocycles. The number of nitrogens with two attached hydrogens (primary N) is 1. The second-order valence-electron chi connectivity index (χ2n) is 7.48. The minimum absolute atomic E-state index is 0.143. The maximum absolute atomic E-state index is 6.22. The van der Waals surface area contributed by atoms with Crippen molar-refractivity contribution >= 4 is 0 Å². The Morgan fingerprint density at radius 1 is 1.25 bits per heavy atom. The Labute approximate surface area is 120 Å². The fraction of sp³-hybridized carbons (Fsp3) is 0.867. The van der Waals surface area contributed by atoms with Gasteiger partial charge in [-0.25, -0.2) is 0 Å². The molecule has 1 aromatic heterocycles. The lowest BCUT2D eigenvalue weighted by Gasteiger charge is -2.17. The first-order valence-electron chi connectivity index (χ1n) is 7.65. The molecule has 1 unspecified atom stereocenters. The second kappa shape index (κ2) is 4.53. The quantitative estimate of drug-likeness (QED) is 0.915. The summed E-state index contributed by atoms with van der Waals surface area (Å²) in [5.41, 5.74) is 6.65. The van der Waals surface area contributed by atoms with Gasteiger partial charge in [0.25, 0.3) is 0 Å². The first-order valence-corrected chi connectivity index (χ1v) is 7.65. The summed E-state index contributed by atoms with van der Waals surface area (Å²) in [6, 6.07) is -0.143. The molecule has 3 rings (SSSR count). The fourth-order valence-electron chi connectivity index (χ4n) is 3.65. The molecule has 1 aliphatic heterocycles. The van der Waals surface area contributed by atoms with Crippen LogP contribution in [0.1, 0.15) is 64.2 Å². The van der Waals surface area contributed by atoms with E-state index < -0.39 is 0 Å². The number of aromatic nitrogens is 2. The summed E-state index contributed by atoms with van der Waals surface area (Å²) < 4.78 is 5.49. The molecule has 112 valence electrons. The van der Waals surface area contributed by atoms with Gasteiger partial charge in [0.2, 0.25) is 5.89 Å². The van der Waals surface area contributed by atoms with Crippen LogP contribution in [0, 0.1) is 10.8 Å². The molecular formula is C15H26N4O. The zero-order valence-corrected chi connectivity index (χ0v) is 13.0. The van der Waals surface area contributed by atoms with E-state index in [2.05, 4.69) is 42.7 Å². The van der Waals surface area contributed by atoms with E-state index in [0.717, 1.165) is 25.5 Å². The first kappa shape index (κ1) is 14.0. The van der Waals surface area contributed by atoms with Crippen LogP contribution in [0.3, 0.4) is 0 Å². The minimum Gasteiger partial charge on any atom is -0.339 e. The van der Waals surface area contributed by atoms with Crippen molar-refractivity contribution in [3.8, 4) is 0 Å². The zero-order valence-electron chi connectivity index (χ0n) is 13.0. The highest BCUT2D eigenvalue weighted by atomic mass is 16.5. The summed E-state index contributed by atoms with van der Waals surface area (Å²) in [6.45, 7) is 12.1. The highest BCUT2D eigenvalue weighted by Gasteiger charge is 2.68. The van der Waals surface area contributed by atoms with Gasteiger partial charge in [0, 0.05) is 12.5 Å². The van der Waals surface area contributed by atoms with Crippen molar-refractivity contribution < 1.29 is 4.52 Å². The summed E-state index contributed by atoms with van der Waals surface area (Å²) in [5.74, 6) is 1.76. The Hall–Kier alpha value is -0.940. The summed E-state index contributed by atoms with van der Waals surface area (Å²) in [7, 11) is 0. The Balaban J connectivity index is 1.68. The third kappa shape index (κ3) is 2.07. The number of nitrogens with zero attached hydrogens (tertiary/aromatic N) is 3. The third-order valence-electron chi connectivity index (χ3n) is 5.71. The van der Waals surface area contributed by atoms with Gasteiger partial charge in [-0.3, -0.25) is 0 Å². The average molecular weight is 278 g/mol. The van der Waals surface area contributed by atoms with Crippen LogP contribution in [0.4, 0.5) is 0 Å². The molecule has 1 aromatic rings. The number of rotatable bonds is 4. The predicted octanol–water partition coefficient (Wildman–Crippen LogP) is 2.31. The van der Waals surface area contributed by atoms with E-state index in [1.165, 1.54) is 12.8 Å². The molecule has 20 heavy (non-hydrogen) atoms. The van der Waals surface area contributed by atoms with E-state index in [1.54, 1.807) is 0 Å². The maximum Gasteiger partial charge on any atom is 0.230 e. The average Bonchev–Trinajstić information content (AvgIpc) is 2.85. The summed E-state index contributed by atoms with van der Waals surface area (Å²) in [5, 5.41) is 4.11. The van der Waals surface area contributed by atoms with Crippen molar-refractivity contribution in [3.05, 3.63) is 11.7 Å². The Morgan fingerprint density at radius 3 is 2.40 bits per heavy atom. The molecule has 2 aliphatic rings. The maximum atomic E-state index is 6.22. The van der Waals surface area contributed by atoms with Gasteiger partial charge in [-0.2, -0.15) is 4.98 Å². The molecule has 0 aromatic carbocycles. The molecule has 2 fully saturated rings. The lowest BCUT2D eigenvalue weighted by atomic mass is 10.0. The molecule has 0 radical (unpaired) electrons. The topological polar surface area (TPSA) is 68.2 Å². The smallest absolute Gasteiger partial charge is 0.230 e. The number of hydrogen-bond acceptors (Lipinski definition) is 5. The Bertz CT molecular complexity index is 474. The standard InChI is InChI=1S/C15H26N4O/c1-14(2)11(15(14,3)4)13-17-12(18-20-13)10(16)9-19-7-5-6-8-19/h10-11H,5-9,16H2,1-4H3. The molecule has 0 spiro atoms. The van der Waals surface area contributed by atoms with Crippen LogP contribution in [-0.2, 0) is 0 Å². The fourth-order valence-corrected chi connectivity index (χ4v) is 3.65. The van der Waals surface area contributed by atoms with Gasteiger partial charge in [0.05, 0.1) is 6.04 Å². The lowest BCUT2D eigenvalue weighted by molar-refractivity contribution is 0.304. The summed E-state index contributed by atoms with van der Waals surface area (Å²) in [6.07, 6.45) is 2.54. The molecule has 0 amide bonds. The molecule has 1 atom stereocenters. The van der Waals surface area contributed by atoms with Gasteiger partial charge in [-0.15, -0.1) is 0 Å². The first-order chi connectivity index (χ1) is 9.34. The van der Waals surface area contributed by atoms with Gasteiger partial charge >= 0.3 is 0 Å². The van der Waals surface area contributed by atoms with Gasteiger partial charge in [0.15, 0.2) is 5.82 Å². The number of hydrogen-bond donors (Lipinski definition) is 1. The molecule has 2 heterocycles. The van der Waals surface area contributed by atoms with Crippen LogP contribution < -0.4 is 5.73 Å². The molecule has 2 N–H and O–H groups in total. The van der Waals surface area contributed by atoms with Crippen molar-refractivity contribution in [2.75, 3.05) is 19.6 Å².